The van der Waals surface area contributed by atoms with Crippen molar-refractivity contribution in [1.82, 2.24) is 9.88 Å². The molecule has 152 valence electrons. The van der Waals surface area contributed by atoms with Gasteiger partial charge in [0.15, 0.2) is 5.13 Å². The Labute approximate surface area is 173 Å². The molecule has 0 saturated carbocycles. The number of nitrogens with zero attached hydrogens (tertiary/aromatic N) is 3. The molecule has 1 saturated heterocycles. The van der Waals surface area contributed by atoms with E-state index in [0.717, 1.165) is 35.5 Å². The van der Waals surface area contributed by atoms with Crippen molar-refractivity contribution in [3.63, 3.8) is 0 Å². The monoisotopic (exact) mass is 413 g/mol. The Hall–Kier alpha value is -2.35. The smallest absolute Gasteiger partial charge is 0.260 e. The van der Waals surface area contributed by atoms with Gasteiger partial charge in [-0.25, -0.2) is 9.37 Å². The van der Waals surface area contributed by atoms with Crippen LogP contribution in [0.1, 0.15) is 21.5 Å². The molecule has 4 rings (SSSR count). The molecule has 1 amide bonds. The summed E-state index contributed by atoms with van der Waals surface area (Å²) in [6.07, 6.45) is 0. The number of aromatic nitrogens is 1. The third-order valence-corrected chi connectivity index (χ3v) is 6.35. The fraction of sp³-hybridized carbons (Fsp3) is 0.364. The second-order valence-electron chi connectivity index (χ2n) is 7.32. The summed E-state index contributed by atoms with van der Waals surface area (Å²) in [5.41, 5.74) is 3.57. The van der Waals surface area contributed by atoms with E-state index in [4.69, 9.17) is 4.74 Å². The van der Waals surface area contributed by atoms with Crippen LogP contribution in [0.25, 0.3) is 10.2 Å². The molecule has 2 heterocycles. The molecular formula is C22H24FN3O2S. The molecule has 0 atom stereocenters. The first-order chi connectivity index (χ1) is 14.0. The number of benzene rings is 2. The number of halogens is 1. The number of aryl methyl sites for hydroxylation is 2. The number of anilines is 1. The van der Waals surface area contributed by atoms with Crippen molar-refractivity contribution in [2.24, 2.45) is 0 Å². The lowest BCUT2D eigenvalue weighted by Gasteiger charge is -2.29. The molecule has 2 aromatic carbocycles. The zero-order chi connectivity index (χ0) is 20.4. The van der Waals surface area contributed by atoms with Gasteiger partial charge in [0.1, 0.15) is 5.82 Å². The van der Waals surface area contributed by atoms with Gasteiger partial charge in [-0.2, -0.15) is 0 Å². The van der Waals surface area contributed by atoms with Crippen molar-refractivity contribution in [3.8, 4) is 0 Å². The van der Waals surface area contributed by atoms with Gasteiger partial charge >= 0.3 is 0 Å². The molecule has 1 aliphatic rings. The third kappa shape index (κ3) is 4.47. The summed E-state index contributed by atoms with van der Waals surface area (Å²) in [4.78, 5) is 22.0. The Morgan fingerprint density at radius 3 is 2.72 bits per heavy atom. The lowest BCUT2D eigenvalue weighted by atomic mass is 10.1. The van der Waals surface area contributed by atoms with E-state index in [1.54, 1.807) is 11.0 Å². The molecule has 0 aliphatic carbocycles. The molecule has 0 bridgehead atoms. The predicted octanol–water partition coefficient (Wildman–Crippen LogP) is 4.03. The van der Waals surface area contributed by atoms with Crippen molar-refractivity contribution in [3.05, 3.63) is 58.9 Å². The minimum Gasteiger partial charge on any atom is -0.379 e. The van der Waals surface area contributed by atoms with Crippen LogP contribution in [-0.4, -0.2) is 55.2 Å². The number of amides is 1. The number of hydrogen-bond donors (Lipinski definition) is 0. The number of ether oxygens (including phenoxy) is 1. The minimum atomic E-state index is -0.298. The second kappa shape index (κ2) is 8.57. The van der Waals surface area contributed by atoms with E-state index in [2.05, 4.69) is 9.88 Å². The van der Waals surface area contributed by atoms with Crippen molar-refractivity contribution in [2.45, 2.75) is 13.8 Å². The molecular weight excluding hydrogens is 389 g/mol. The topological polar surface area (TPSA) is 45.7 Å². The van der Waals surface area contributed by atoms with Crippen LogP contribution in [0.4, 0.5) is 9.52 Å². The predicted molar refractivity (Wildman–Crippen MR) is 114 cm³/mol. The number of hydrogen-bond acceptors (Lipinski definition) is 5. The Morgan fingerprint density at radius 2 is 1.97 bits per heavy atom. The zero-order valence-electron chi connectivity index (χ0n) is 16.7. The minimum absolute atomic E-state index is 0.0825. The highest BCUT2D eigenvalue weighted by Gasteiger charge is 2.23. The van der Waals surface area contributed by atoms with E-state index in [9.17, 15) is 9.18 Å². The van der Waals surface area contributed by atoms with E-state index in [0.29, 0.717) is 36.0 Å². The first-order valence-corrected chi connectivity index (χ1v) is 10.6. The quantitative estimate of drug-likeness (QED) is 0.634. The molecule has 1 aliphatic heterocycles. The molecule has 0 spiro atoms. The second-order valence-corrected chi connectivity index (χ2v) is 8.33. The molecule has 0 unspecified atom stereocenters. The van der Waals surface area contributed by atoms with Crippen LogP contribution in [0.3, 0.4) is 0 Å². The highest BCUT2D eigenvalue weighted by molar-refractivity contribution is 7.22. The van der Waals surface area contributed by atoms with Crippen LogP contribution in [-0.2, 0) is 4.74 Å². The maximum atomic E-state index is 13.6. The van der Waals surface area contributed by atoms with Crippen molar-refractivity contribution in [2.75, 3.05) is 44.3 Å². The van der Waals surface area contributed by atoms with Gasteiger partial charge in [0.25, 0.3) is 5.91 Å². The SMILES string of the molecule is Cc1ccc(C(=O)N(CCN2CCOCC2)c2nc3ccc(F)cc3s2)cc1C. The Kier molecular flexibility index (Phi) is 5.89. The summed E-state index contributed by atoms with van der Waals surface area (Å²) >= 11 is 1.35. The van der Waals surface area contributed by atoms with Crippen LogP contribution in [0, 0.1) is 19.7 Å². The van der Waals surface area contributed by atoms with Crippen LogP contribution < -0.4 is 4.90 Å². The van der Waals surface area contributed by atoms with Gasteiger partial charge in [-0.05, 0) is 55.3 Å². The van der Waals surface area contributed by atoms with E-state index < -0.39 is 0 Å². The highest BCUT2D eigenvalue weighted by atomic mass is 32.1. The zero-order valence-corrected chi connectivity index (χ0v) is 17.5. The number of rotatable bonds is 5. The average Bonchev–Trinajstić information content (AvgIpc) is 3.13. The van der Waals surface area contributed by atoms with Crippen molar-refractivity contribution < 1.29 is 13.9 Å². The van der Waals surface area contributed by atoms with Crippen molar-refractivity contribution >= 4 is 32.6 Å². The Balaban J connectivity index is 1.64. The summed E-state index contributed by atoms with van der Waals surface area (Å²) in [6, 6.07) is 10.3. The van der Waals surface area contributed by atoms with Gasteiger partial charge in [0.2, 0.25) is 0 Å². The maximum Gasteiger partial charge on any atom is 0.260 e. The molecule has 7 heteroatoms. The summed E-state index contributed by atoms with van der Waals surface area (Å²) in [7, 11) is 0. The maximum absolute atomic E-state index is 13.6. The van der Waals surface area contributed by atoms with Crippen LogP contribution in [0.5, 0.6) is 0 Å². The van der Waals surface area contributed by atoms with E-state index >= 15 is 0 Å². The van der Waals surface area contributed by atoms with Crippen LogP contribution >= 0.6 is 11.3 Å². The van der Waals surface area contributed by atoms with Gasteiger partial charge in [0.05, 0.1) is 23.4 Å². The fourth-order valence-corrected chi connectivity index (χ4v) is 4.40. The Bertz CT molecular complexity index is 1030. The van der Waals surface area contributed by atoms with Gasteiger partial charge in [-0.3, -0.25) is 14.6 Å². The summed E-state index contributed by atoms with van der Waals surface area (Å²) in [5.74, 6) is -0.381. The standard InChI is InChI=1S/C22H24FN3O2S/c1-15-3-4-17(13-16(15)2)21(27)26(8-7-25-9-11-28-12-10-25)22-24-19-6-5-18(23)14-20(19)29-22/h3-6,13-14H,7-12H2,1-2H3. The molecule has 3 aromatic rings. The third-order valence-electron chi connectivity index (χ3n) is 5.31. The number of carbonyl (C=O) groups excluding carboxylic acids is 1. The normalized spacial score (nSPS) is 15.0. The number of morpholine rings is 1. The lowest BCUT2D eigenvalue weighted by molar-refractivity contribution is 0.0391. The average molecular weight is 414 g/mol. The molecule has 5 nitrogen and oxygen atoms in total. The summed E-state index contributed by atoms with van der Waals surface area (Å²) < 4.78 is 19.8. The molecule has 0 radical (unpaired) electrons. The van der Waals surface area contributed by atoms with E-state index in [1.807, 2.05) is 32.0 Å². The molecule has 29 heavy (non-hydrogen) atoms. The number of carbonyl (C=O) groups is 1. The first-order valence-electron chi connectivity index (χ1n) is 9.76. The highest BCUT2D eigenvalue weighted by Crippen LogP contribution is 2.30. The fourth-order valence-electron chi connectivity index (χ4n) is 3.38. The number of thiazole rings is 1. The van der Waals surface area contributed by atoms with Gasteiger partial charge in [-0.15, -0.1) is 0 Å². The Morgan fingerprint density at radius 1 is 1.17 bits per heavy atom. The first kappa shape index (κ1) is 19.9. The van der Waals surface area contributed by atoms with E-state index in [-0.39, 0.29) is 11.7 Å². The lowest BCUT2D eigenvalue weighted by Crippen LogP contribution is -2.43. The van der Waals surface area contributed by atoms with E-state index in [1.165, 1.54) is 23.5 Å². The van der Waals surface area contributed by atoms with Gasteiger partial charge in [-0.1, -0.05) is 17.4 Å². The van der Waals surface area contributed by atoms with Gasteiger partial charge < -0.3 is 4.74 Å². The summed E-state index contributed by atoms with van der Waals surface area (Å²) in [5, 5.41) is 0.599. The summed E-state index contributed by atoms with van der Waals surface area (Å²) in [6.45, 7) is 8.44. The number of fused-ring (bicyclic) bond motifs is 1. The molecule has 1 aromatic heterocycles. The van der Waals surface area contributed by atoms with Crippen molar-refractivity contribution in [1.29, 1.82) is 0 Å². The van der Waals surface area contributed by atoms with Crippen LogP contribution in [0.15, 0.2) is 36.4 Å². The largest absolute Gasteiger partial charge is 0.379 e. The molecule has 1 fully saturated rings. The van der Waals surface area contributed by atoms with Gasteiger partial charge in [0, 0.05) is 31.7 Å². The molecule has 0 N–H and O–H groups in total. The van der Waals surface area contributed by atoms with Crippen LogP contribution in [0.2, 0.25) is 0 Å².